The lowest BCUT2D eigenvalue weighted by atomic mass is 9.95. The molecule has 0 N–H and O–H groups in total. The van der Waals surface area contributed by atoms with Crippen LogP contribution in [0.3, 0.4) is 0 Å². The van der Waals surface area contributed by atoms with Crippen LogP contribution in [0.1, 0.15) is 17.8 Å². The van der Waals surface area contributed by atoms with E-state index in [1.165, 1.54) is 0 Å². The smallest absolute Gasteiger partial charge is 0.0641 e. The van der Waals surface area contributed by atoms with Crippen LogP contribution in [-0.4, -0.2) is 9.13 Å². The SMILES string of the molecule is [2H]c1c([2H])c([2H])c(-c2c([2H])c([2H])c([2H])c(-c3c([2H])c([2H])c([2H])c([2H])c3[2H])c2-n2c3ccccc3c3c2ccc2c4ccccc4n(-c4ccccc4-c4ccccc4)c23)c([2H])c1[2H]. The maximum atomic E-state index is 9.50. The second-order valence-corrected chi connectivity index (χ2v) is 11.9. The molecule has 0 aliphatic heterocycles. The summed E-state index contributed by atoms with van der Waals surface area (Å²) in [5.41, 5.74) is 3.74. The van der Waals surface area contributed by atoms with E-state index in [0.29, 0.717) is 21.8 Å². The van der Waals surface area contributed by atoms with E-state index in [9.17, 15) is 2.74 Å². The summed E-state index contributed by atoms with van der Waals surface area (Å²) in [6.07, 6.45) is 0. The van der Waals surface area contributed by atoms with Gasteiger partial charge in [0.25, 0.3) is 0 Å². The number of benzene rings is 8. The Balaban J connectivity index is 1.48. The highest BCUT2D eigenvalue weighted by atomic mass is 15.0. The van der Waals surface area contributed by atoms with Crippen molar-refractivity contribution in [2.45, 2.75) is 0 Å². The molecule has 0 aliphatic carbocycles. The molecule has 8 aromatic carbocycles. The molecule has 0 unspecified atom stereocenters. The Labute approximate surface area is 309 Å². The van der Waals surface area contributed by atoms with E-state index in [0.717, 1.165) is 38.6 Å². The second-order valence-electron chi connectivity index (χ2n) is 11.9. The molecule has 0 bridgehead atoms. The van der Waals surface area contributed by atoms with Gasteiger partial charge in [-0.25, -0.2) is 0 Å². The van der Waals surface area contributed by atoms with Gasteiger partial charge in [-0.15, -0.1) is 0 Å². The van der Waals surface area contributed by atoms with Gasteiger partial charge in [-0.2, -0.15) is 0 Å². The van der Waals surface area contributed by atoms with Crippen molar-refractivity contribution in [3.63, 3.8) is 0 Å². The lowest BCUT2D eigenvalue weighted by molar-refractivity contribution is 1.18. The molecule has 10 rings (SSSR count). The van der Waals surface area contributed by atoms with Crippen LogP contribution in [0.25, 0.3) is 88.4 Å². The Morgan fingerprint density at radius 2 is 0.940 bits per heavy atom. The van der Waals surface area contributed by atoms with Crippen molar-refractivity contribution < 1.29 is 17.8 Å². The van der Waals surface area contributed by atoms with Crippen LogP contribution < -0.4 is 0 Å². The van der Waals surface area contributed by atoms with Crippen LogP contribution in [0, 0.1) is 0 Å². The zero-order valence-corrected chi connectivity index (χ0v) is 26.4. The van der Waals surface area contributed by atoms with Gasteiger partial charge in [-0.05, 0) is 41.0 Å². The van der Waals surface area contributed by atoms with E-state index in [1.807, 2.05) is 97.1 Å². The molecule has 0 radical (unpaired) electrons. The van der Waals surface area contributed by atoms with Crippen molar-refractivity contribution in [3.05, 3.63) is 194 Å². The number of hydrogen-bond acceptors (Lipinski definition) is 0. The molecule has 0 amide bonds. The third-order valence-corrected chi connectivity index (χ3v) is 9.27. The summed E-state index contributed by atoms with van der Waals surface area (Å²) in [6, 6.07) is 28.3. The first-order chi connectivity index (χ1) is 30.3. The molecule has 0 saturated heterocycles. The first-order valence-corrected chi connectivity index (χ1v) is 16.1. The normalized spacial score (nSPS) is 15.2. The number of para-hydroxylation sites is 4. The molecule has 0 aliphatic rings. The fourth-order valence-corrected chi connectivity index (χ4v) is 7.27. The quantitative estimate of drug-likeness (QED) is 0.176. The molecule has 0 fully saturated rings. The number of hydrogen-bond donors (Lipinski definition) is 0. The fraction of sp³-hybridized carbons (Fsp3) is 0. The number of fused-ring (bicyclic) bond motifs is 7. The Morgan fingerprint density at radius 1 is 0.360 bits per heavy atom. The van der Waals surface area contributed by atoms with Crippen molar-refractivity contribution in [2.24, 2.45) is 0 Å². The minimum Gasteiger partial charge on any atom is -0.308 e. The summed E-state index contributed by atoms with van der Waals surface area (Å²) in [5, 5.41) is 3.24. The number of aromatic nitrogens is 2. The highest BCUT2D eigenvalue weighted by molar-refractivity contribution is 6.26. The van der Waals surface area contributed by atoms with Crippen LogP contribution in [0.4, 0.5) is 0 Å². The summed E-state index contributed by atoms with van der Waals surface area (Å²) in [7, 11) is 0. The van der Waals surface area contributed by atoms with Gasteiger partial charge >= 0.3 is 0 Å². The van der Waals surface area contributed by atoms with Crippen LogP contribution in [-0.2, 0) is 0 Å². The zero-order valence-electron chi connectivity index (χ0n) is 39.4. The molecular weight excluding hydrogens is 605 g/mol. The van der Waals surface area contributed by atoms with Gasteiger partial charge in [0.2, 0.25) is 0 Å². The number of nitrogens with zero attached hydrogens (tertiary/aromatic N) is 2. The number of rotatable bonds is 5. The Kier molecular flexibility index (Phi) is 4.19. The average Bonchev–Trinajstić information content (AvgIpc) is 3.82. The maximum Gasteiger partial charge on any atom is 0.0641 e. The van der Waals surface area contributed by atoms with Crippen molar-refractivity contribution in [1.29, 1.82) is 0 Å². The molecule has 2 heterocycles. The fourth-order valence-electron chi connectivity index (χ4n) is 7.27. The van der Waals surface area contributed by atoms with Gasteiger partial charge in [-0.1, -0.05) is 170 Å². The van der Waals surface area contributed by atoms with Gasteiger partial charge in [0.15, 0.2) is 0 Å². The third kappa shape index (κ3) is 4.29. The summed E-state index contributed by atoms with van der Waals surface area (Å²) in [6.45, 7) is 0. The standard InChI is InChI=1S/C48H32N2/c1-4-17-33(18-5-1)36-23-10-13-28-42(36)49-43-29-14-11-24-39(43)40-31-32-45-46(48(40)49)41-25-12-15-30-44(41)50(45)47-37(34-19-6-2-7-20-34)26-16-27-38(47)35-21-8-3-9-22-35/h1-32H/i2D,3D,6D,7D,8D,9D,16D,19D,20D,21D,22D,26D,27D. The summed E-state index contributed by atoms with van der Waals surface area (Å²) in [4.78, 5) is 0. The minimum absolute atomic E-state index is 0.157. The second kappa shape index (κ2) is 11.5. The highest BCUT2D eigenvalue weighted by Crippen LogP contribution is 2.46. The molecule has 0 spiro atoms. The van der Waals surface area contributed by atoms with Crippen LogP contribution in [0.15, 0.2) is 194 Å². The Morgan fingerprint density at radius 3 is 1.64 bits per heavy atom. The first kappa shape index (κ1) is 18.2. The van der Waals surface area contributed by atoms with Crippen molar-refractivity contribution in [3.8, 4) is 44.8 Å². The molecule has 50 heavy (non-hydrogen) atoms. The van der Waals surface area contributed by atoms with E-state index >= 15 is 0 Å². The predicted octanol–water partition coefficient (Wildman–Crippen LogP) is 12.9. The van der Waals surface area contributed by atoms with Crippen LogP contribution in [0.5, 0.6) is 0 Å². The predicted molar refractivity (Wildman–Crippen MR) is 211 cm³/mol. The Hall–Kier alpha value is -6.64. The molecule has 2 nitrogen and oxygen atoms in total. The van der Waals surface area contributed by atoms with E-state index in [2.05, 4.69) is 10.6 Å². The minimum atomic E-state index is -0.733. The average molecular weight is 650 g/mol. The van der Waals surface area contributed by atoms with E-state index in [-0.39, 0.29) is 16.8 Å². The zero-order chi connectivity index (χ0) is 44.3. The van der Waals surface area contributed by atoms with Gasteiger partial charge in [0.05, 0.1) is 51.3 Å². The van der Waals surface area contributed by atoms with Crippen molar-refractivity contribution in [1.82, 2.24) is 9.13 Å². The van der Waals surface area contributed by atoms with Gasteiger partial charge < -0.3 is 9.13 Å². The van der Waals surface area contributed by atoms with Gasteiger partial charge in [-0.3, -0.25) is 0 Å². The van der Waals surface area contributed by atoms with E-state index in [4.69, 9.17) is 15.1 Å². The monoisotopic (exact) mass is 649 g/mol. The van der Waals surface area contributed by atoms with Gasteiger partial charge in [0.1, 0.15) is 0 Å². The molecule has 0 atom stereocenters. The summed E-state index contributed by atoms with van der Waals surface area (Å²) >= 11 is 0. The largest absolute Gasteiger partial charge is 0.308 e. The lowest BCUT2D eigenvalue weighted by Gasteiger charge is -2.19. The Bertz CT molecular complexity index is 3460. The van der Waals surface area contributed by atoms with E-state index in [1.54, 1.807) is 16.7 Å². The molecule has 0 saturated carbocycles. The topological polar surface area (TPSA) is 9.86 Å². The molecular formula is C48H32N2. The molecule has 10 aromatic rings. The molecule has 2 heteroatoms. The van der Waals surface area contributed by atoms with E-state index < -0.39 is 89.7 Å². The molecule has 234 valence electrons. The van der Waals surface area contributed by atoms with Crippen LogP contribution >= 0.6 is 0 Å². The third-order valence-electron chi connectivity index (χ3n) is 9.27. The van der Waals surface area contributed by atoms with Gasteiger partial charge in [0, 0.05) is 38.2 Å². The summed E-state index contributed by atoms with van der Waals surface area (Å²) < 4.78 is 120. The van der Waals surface area contributed by atoms with Crippen molar-refractivity contribution >= 4 is 43.6 Å². The highest BCUT2D eigenvalue weighted by Gasteiger charge is 2.24. The lowest BCUT2D eigenvalue weighted by Crippen LogP contribution is -2.01. The van der Waals surface area contributed by atoms with Crippen LogP contribution in [0.2, 0.25) is 0 Å². The van der Waals surface area contributed by atoms with Crippen molar-refractivity contribution in [2.75, 3.05) is 0 Å². The molecule has 2 aromatic heterocycles. The first-order valence-electron chi connectivity index (χ1n) is 22.6. The maximum absolute atomic E-state index is 9.50. The summed E-state index contributed by atoms with van der Waals surface area (Å²) in [5.74, 6) is 0.